The van der Waals surface area contributed by atoms with E-state index in [4.69, 9.17) is 26.8 Å². The van der Waals surface area contributed by atoms with E-state index in [1.54, 1.807) is 18.2 Å². The summed E-state index contributed by atoms with van der Waals surface area (Å²) in [5.41, 5.74) is 6.43. The number of amides is 1. The number of ether oxygens (including phenoxy) is 2. The average Bonchev–Trinajstić information content (AvgIpc) is 2.31. The van der Waals surface area contributed by atoms with Gasteiger partial charge in [0.2, 0.25) is 5.91 Å². The molecule has 1 rings (SSSR count). The Labute approximate surface area is 124 Å². The van der Waals surface area contributed by atoms with Gasteiger partial charge in [-0.1, -0.05) is 11.6 Å². The quantitative estimate of drug-likeness (QED) is 0.626. The molecular weight excluding hydrogens is 280 g/mol. The molecule has 0 heterocycles. The van der Waals surface area contributed by atoms with Gasteiger partial charge >= 0.3 is 0 Å². The number of carbonyl (C=O) groups excluding carboxylic acids is 1. The van der Waals surface area contributed by atoms with Crippen LogP contribution < -0.4 is 11.1 Å². The Balaban J connectivity index is 2.27. The lowest BCUT2D eigenvalue weighted by atomic mass is 10.2. The van der Waals surface area contributed by atoms with Crippen LogP contribution >= 0.6 is 11.6 Å². The van der Waals surface area contributed by atoms with E-state index in [0.717, 1.165) is 0 Å². The van der Waals surface area contributed by atoms with Crippen LogP contribution in [0.25, 0.3) is 0 Å². The van der Waals surface area contributed by atoms with Gasteiger partial charge in [-0.15, -0.1) is 0 Å². The SMILES string of the molecule is CC(C)(C)OCCOCC(=O)Nc1ccc(N)cc1Cl. The summed E-state index contributed by atoms with van der Waals surface area (Å²) < 4.78 is 10.7. The maximum Gasteiger partial charge on any atom is 0.250 e. The molecule has 5 nitrogen and oxygen atoms in total. The van der Waals surface area contributed by atoms with Crippen molar-refractivity contribution in [1.82, 2.24) is 0 Å². The van der Waals surface area contributed by atoms with Crippen molar-refractivity contribution in [1.29, 1.82) is 0 Å². The number of nitrogen functional groups attached to an aromatic ring is 1. The second-order valence-electron chi connectivity index (χ2n) is 5.30. The summed E-state index contributed by atoms with van der Waals surface area (Å²) >= 11 is 5.95. The number of rotatable bonds is 6. The first-order valence-corrected chi connectivity index (χ1v) is 6.72. The van der Waals surface area contributed by atoms with Gasteiger partial charge in [-0.3, -0.25) is 4.79 Å². The third-order valence-electron chi connectivity index (χ3n) is 2.26. The smallest absolute Gasteiger partial charge is 0.250 e. The zero-order valence-electron chi connectivity index (χ0n) is 12.0. The Morgan fingerprint density at radius 3 is 2.65 bits per heavy atom. The van der Waals surface area contributed by atoms with Crippen molar-refractivity contribution < 1.29 is 14.3 Å². The topological polar surface area (TPSA) is 73.6 Å². The number of benzene rings is 1. The molecule has 0 saturated heterocycles. The number of carbonyl (C=O) groups is 1. The molecule has 1 aromatic rings. The van der Waals surface area contributed by atoms with E-state index < -0.39 is 0 Å². The predicted octanol–water partition coefficient (Wildman–Crippen LogP) is 2.69. The van der Waals surface area contributed by atoms with Gasteiger partial charge in [-0.25, -0.2) is 0 Å². The molecule has 0 aromatic heterocycles. The van der Waals surface area contributed by atoms with Crippen LogP contribution in [0.2, 0.25) is 5.02 Å². The summed E-state index contributed by atoms with van der Waals surface area (Å²) in [7, 11) is 0. The van der Waals surface area contributed by atoms with E-state index >= 15 is 0 Å². The average molecular weight is 301 g/mol. The van der Waals surface area contributed by atoms with E-state index in [9.17, 15) is 4.79 Å². The van der Waals surface area contributed by atoms with Crippen LogP contribution in [0.3, 0.4) is 0 Å². The molecule has 0 fully saturated rings. The van der Waals surface area contributed by atoms with Crippen molar-refractivity contribution in [2.45, 2.75) is 26.4 Å². The number of nitrogens with two attached hydrogens (primary N) is 1. The minimum atomic E-state index is -0.271. The van der Waals surface area contributed by atoms with Crippen molar-refractivity contribution in [2.24, 2.45) is 0 Å². The van der Waals surface area contributed by atoms with E-state index in [-0.39, 0.29) is 18.1 Å². The van der Waals surface area contributed by atoms with Crippen molar-refractivity contribution in [2.75, 3.05) is 30.9 Å². The third-order valence-corrected chi connectivity index (χ3v) is 2.58. The van der Waals surface area contributed by atoms with Crippen molar-refractivity contribution >= 4 is 28.9 Å². The number of nitrogens with one attached hydrogen (secondary N) is 1. The normalized spacial score (nSPS) is 11.4. The van der Waals surface area contributed by atoms with Gasteiger partial charge in [0, 0.05) is 5.69 Å². The maximum atomic E-state index is 11.6. The highest BCUT2D eigenvalue weighted by Gasteiger charge is 2.10. The molecule has 112 valence electrons. The number of hydrogen-bond acceptors (Lipinski definition) is 4. The van der Waals surface area contributed by atoms with Gasteiger partial charge in [0.1, 0.15) is 6.61 Å². The summed E-state index contributed by atoms with van der Waals surface area (Å²) in [5, 5.41) is 3.05. The third kappa shape index (κ3) is 6.75. The minimum Gasteiger partial charge on any atom is -0.399 e. The fraction of sp³-hybridized carbons (Fsp3) is 0.500. The Bertz CT molecular complexity index is 458. The Hall–Kier alpha value is -1.30. The van der Waals surface area contributed by atoms with E-state index in [2.05, 4.69) is 5.32 Å². The molecule has 0 atom stereocenters. The van der Waals surface area contributed by atoms with Gasteiger partial charge < -0.3 is 20.5 Å². The van der Waals surface area contributed by atoms with Crippen LogP contribution in [0, 0.1) is 0 Å². The number of halogens is 1. The van der Waals surface area contributed by atoms with E-state index in [1.807, 2.05) is 20.8 Å². The first-order valence-electron chi connectivity index (χ1n) is 6.34. The highest BCUT2D eigenvalue weighted by Crippen LogP contribution is 2.23. The van der Waals surface area contributed by atoms with Crippen LogP contribution in [0.15, 0.2) is 18.2 Å². The molecule has 0 aliphatic heterocycles. The van der Waals surface area contributed by atoms with Gasteiger partial charge in [0.25, 0.3) is 0 Å². The number of anilines is 2. The van der Waals surface area contributed by atoms with Crippen LogP contribution in [0.4, 0.5) is 11.4 Å². The molecule has 0 bridgehead atoms. The molecule has 0 radical (unpaired) electrons. The van der Waals surface area contributed by atoms with E-state index in [1.165, 1.54) is 0 Å². The maximum absolute atomic E-state index is 11.6. The summed E-state index contributed by atoms with van der Waals surface area (Å²) in [6.07, 6.45) is 0. The lowest BCUT2D eigenvalue weighted by molar-refractivity contribution is -0.121. The van der Waals surface area contributed by atoms with Gasteiger partial charge in [-0.05, 0) is 39.0 Å². The first kappa shape index (κ1) is 16.8. The largest absolute Gasteiger partial charge is 0.399 e. The Kier molecular flexibility index (Phi) is 6.26. The monoisotopic (exact) mass is 300 g/mol. The minimum absolute atomic E-state index is 0.0474. The lowest BCUT2D eigenvalue weighted by Gasteiger charge is -2.19. The van der Waals surface area contributed by atoms with Crippen molar-refractivity contribution in [3.8, 4) is 0 Å². The Morgan fingerprint density at radius 1 is 1.35 bits per heavy atom. The predicted molar refractivity (Wildman–Crippen MR) is 81.0 cm³/mol. The molecule has 3 N–H and O–H groups in total. The highest BCUT2D eigenvalue weighted by molar-refractivity contribution is 6.34. The van der Waals surface area contributed by atoms with Crippen molar-refractivity contribution in [3.05, 3.63) is 23.2 Å². The second-order valence-corrected chi connectivity index (χ2v) is 5.71. The molecule has 0 aliphatic carbocycles. The molecule has 0 saturated carbocycles. The molecular formula is C14H21ClN2O3. The summed E-state index contributed by atoms with van der Waals surface area (Å²) in [5.74, 6) is -0.271. The van der Waals surface area contributed by atoms with Crippen LogP contribution in [0.5, 0.6) is 0 Å². The van der Waals surface area contributed by atoms with Crippen LogP contribution in [0.1, 0.15) is 20.8 Å². The number of hydrogen-bond donors (Lipinski definition) is 2. The van der Waals surface area contributed by atoms with E-state index in [0.29, 0.717) is 29.6 Å². The zero-order valence-corrected chi connectivity index (χ0v) is 12.8. The summed E-state index contributed by atoms with van der Waals surface area (Å²) in [6, 6.07) is 4.90. The highest BCUT2D eigenvalue weighted by atomic mass is 35.5. The van der Waals surface area contributed by atoms with Crippen LogP contribution in [-0.2, 0) is 14.3 Å². The molecule has 0 unspecified atom stereocenters. The van der Waals surface area contributed by atoms with Gasteiger partial charge in [-0.2, -0.15) is 0 Å². The fourth-order valence-electron chi connectivity index (χ4n) is 1.39. The first-order chi connectivity index (χ1) is 9.28. The molecule has 0 aliphatic rings. The fourth-order valence-corrected chi connectivity index (χ4v) is 1.63. The van der Waals surface area contributed by atoms with Crippen molar-refractivity contribution in [3.63, 3.8) is 0 Å². The molecule has 6 heteroatoms. The molecule has 20 heavy (non-hydrogen) atoms. The molecule has 1 amide bonds. The Morgan fingerprint density at radius 2 is 2.05 bits per heavy atom. The standard InChI is InChI=1S/C14H21ClN2O3/c1-14(2,3)20-7-6-19-9-13(18)17-12-5-4-10(16)8-11(12)15/h4-5,8H,6-7,9,16H2,1-3H3,(H,17,18). The molecule has 0 spiro atoms. The zero-order chi connectivity index (χ0) is 15.2. The van der Waals surface area contributed by atoms with Gasteiger partial charge in [0.05, 0.1) is 29.5 Å². The van der Waals surface area contributed by atoms with Gasteiger partial charge in [0.15, 0.2) is 0 Å². The summed E-state index contributed by atoms with van der Waals surface area (Å²) in [4.78, 5) is 11.6. The summed E-state index contributed by atoms with van der Waals surface area (Å²) in [6.45, 7) is 6.64. The second kappa shape index (κ2) is 7.47. The van der Waals surface area contributed by atoms with Crippen LogP contribution in [-0.4, -0.2) is 31.3 Å². The lowest BCUT2D eigenvalue weighted by Crippen LogP contribution is -2.24. The molecule has 1 aromatic carbocycles.